The molecule has 4 aromatic carbocycles. The van der Waals surface area contributed by atoms with Crippen molar-refractivity contribution in [1.82, 2.24) is 0 Å². The quantitative estimate of drug-likeness (QED) is 0.280. The van der Waals surface area contributed by atoms with Gasteiger partial charge in [0.25, 0.3) is 5.91 Å². The highest BCUT2D eigenvalue weighted by atomic mass is 35.5. The van der Waals surface area contributed by atoms with Gasteiger partial charge in [0.05, 0.1) is 11.4 Å². The molecule has 0 aliphatic carbocycles. The summed E-state index contributed by atoms with van der Waals surface area (Å²) in [5.41, 5.74) is 4.84. The summed E-state index contributed by atoms with van der Waals surface area (Å²) in [6.45, 7) is 0. The molecule has 1 amide bonds. The Kier molecular flexibility index (Phi) is 7.56. The largest absolute Gasteiger partial charge is 0.481 e. The minimum absolute atomic E-state index is 0.112. The van der Waals surface area contributed by atoms with Gasteiger partial charge < -0.3 is 20.1 Å². The van der Waals surface area contributed by atoms with E-state index in [9.17, 15) is 9.59 Å². The van der Waals surface area contributed by atoms with E-state index in [1.807, 2.05) is 61.5 Å². The van der Waals surface area contributed by atoms with Crippen LogP contribution < -0.4 is 15.0 Å². The molecular formula is C29H25ClN2O4. The molecule has 0 heterocycles. The van der Waals surface area contributed by atoms with Crippen molar-refractivity contribution >= 4 is 34.9 Å². The van der Waals surface area contributed by atoms with Crippen molar-refractivity contribution in [2.45, 2.75) is 6.42 Å². The van der Waals surface area contributed by atoms with Crippen LogP contribution in [0.4, 0.5) is 11.4 Å². The molecule has 6 nitrogen and oxygen atoms in total. The highest BCUT2D eigenvalue weighted by Crippen LogP contribution is 2.32. The number of halogens is 1. The average molecular weight is 501 g/mol. The molecule has 2 N–H and O–H groups in total. The molecule has 0 aromatic heterocycles. The van der Waals surface area contributed by atoms with Crippen molar-refractivity contribution in [2.75, 3.05) is 24.3 Å². The predicted molar refractivity (Wildman–Crippen MR) is 143 cm³/mol. The lowest BCUT2D eigenvalue weighted by Gasteiger charge is -2.18. The molecule has 0 fully saturated rings. The van der Waals surface area contributed by atoms with Crippen molar-refractivity contribution in [1.29, 1.82) is 0 Å². The number of para-hydroxylation sites is 1. The maximum absolute atomic E-state index is 12.9. The average Bonchev–Trinajstić information content (AvgIpc) is 2.86. The molecule has 0 aliphatic heterocycles. The molecule has 0 bridgehead atoms. The first kappa shape index (κ1) is 24.8. The maximum Gasteiger partial charge on any atom is 0.307 e. The first-order valence-corrected chi connectivity index (χ1v) is 11.6. The predicted octanol–water partition coefficient (Wildman–Crippen LogP) is 6.74. The molecule has 7 heteroatoms. The summed E-state index contributed by atoms with van der Waals surface area (Å²) < 4.78 is 5.81. The van der Waals surface area contributed by atoms with Crippen molar-refractivity contribution < 1.29 is 19.4 Å². The number of hydrogen-bond donors (Lipinski definition) is 2. The molecular weight excluding hydrogens is 476 g/mol. The van der Waals surface area contributed by atoms with Gasteiger partial charge in [-0.2, -0.15) is 0 Å². The first-order valence-electron chi connectivity index (χ1n) is 11.3. The third-order valence-electron chi connectivity index (χ3n) is 5.51. The molecule has 0 saturated carbocycles. The van der Waals surface area contributed by atoms with Crippen molar-refractivity contribution in [2.24, 2.45) is 0 Å². The number of carboxylic acid groups (broad SMARTS) is 1. The molecule has 0 atom stereocenters. The Morgan fingerprint density at radius 2 is 1.67 bits per heavy atom. The second-order valence-electron chi connectivity index (χ2n) is 8.41. The Morgan fingerprint density at radius 3 is 2.36 bits per heavy atom. The van der Waals surface area contributed by atoms with Gasteiger partial charge >= 0.3 is 5.97 Å². The minimum atomic E-state index is -0.928. The highest BCUT2D eigenvalue weighted by Gasteiger charge is 2.12. The normalized spacial score (nSPS) is 10.5. The lowest BCUT2D eigenvalue weighted by atomic mass is 10.0. The van der Waals surface area contributed by atoms with Crippen LogP contribution in [-0.4, -0.2) is 31.1 Å². The second kappa shape index (κ2) is 11.0. The van der Waals surface area contributed by atoms with Crippen LogP contribution in [0, 0.1) is 0 Å². The monoisotopic (exact) mass is 500 g/mol. The number of nitrogens with one attached hydrogen (secondary N) is 1. The molecule has 0 saturated heterocycles. The van der Waals surface area contributed by atoms with Gasteiger partial charge in [-0.05, 0) is 65.7 Å². The van der Waals surface area contributed by atoms with Crippen LogP contribution in [0.15, 0.2) is 91.0 Å². The van der Waals surface area contributed by atoms with Gasteiger partial charge in [0, 0.05) is 36.6 Å². The number of ether oxygens (including phenoxy) is 1. The second-order valence-corrected chi connectivity index (χ2v) is 8.82. The number of rotatable bonds is 8. The van der Waals surface area contributed by atoms with Crippen LogP contribution in [-0.2, 0) is 11.2 Å². The number of amides is 1. The molecule has 0 spiro atoms. The topological polar surface area (TPSA) is 78.9 Å². The van der Waals surface area contributed by atoms with E-state index in [2.05, 4.69) is 5.32 Å². The maximum atomic E-state index is 12.9. The lowest BCUT2D eigenvalue weighted by molar-refractivity contribution is -0.136. The van der Waals surface area contributed by atoms with E-state index in [1.165, 1.54) is 0 Å². The fourth-order valence-electron chi connectivity index (χ4n) is 3.78. The standard InChI is InChI=1S/C29H25ClN2O4/c1-32(2)26-9-4-3-8-24(26)20-6-5-7-21(18-20)29(35)31-22-11-13-23(14-12-22)36-27-15-10-19(16-25(27)30)17-28(33)34/h3-16,18H,17H2,1-2H3,(H,31,35)(H,33,34). The molecule has 0 aliphatic rings. The van der Waals surface area contributed by atoms with Crippen LogP contribution in [0.5, 0.6) is 11.5 Å². The van der Waals surface area contributed by atoms with Gasteiger partial charge in [0.2, 0.25) is 0 Å². The minimum Gasteiger partial charge on any atom is -0.481 e. The Bertz CT molecular complexity index is 1400. The molecule has 4 aromatic rings. The lowest BCUT2D eigenvalue weighted by Crippen LogP contribution is -2.12. The molecule has 4 rings (SSSR count). The highest BCUT2D eigenvalue weighted by molar-refractivity contribution is 6.32. The van der Waals surface area contributed by atoms with Crippen LogP contribution in [0.25, 0.3) is 11.1 Å². The summed E-state index contributed by atoms with van der Waals surface area (Å²) in [6.07, 6.45) is -0.112. The van der Waals surface area contributed by atoms with Crippen molar-refractivity contribution in [3.8, 4) is 22.6 Å². The summed E-state index contributed by atoms with van der Waals surface area (Å²) in [5, 5.41) is 12.2. The van der Waals surface area contributed by atoms with E-state index >= 15 is 0 Å². The van der Waals surface area contributed by atoms with E-state index < -0.39 is 5.97 Å². The third kappa shape index (κ3) is 6.03. The fourth-order valence-corrected chi connectivity index (χ4v) is 4.03. The van der Waals surface area contributed by atoms with Crippen LogP contribution in [0.3, 0.4) is 0 Å². The summed E-state index contributed by atoms with van der Waals surface area (Å²) in [4.78, 5) is 25.8. The van der Waals surface area contributed by atoms with E-state index in [1.54, 1.807) is 48.5 Å². The number of carboxylic acids is 1. The summed E-state index contributed by atoms with van der Waals surface area (Å²) in [6, 6.07) is 27.4. The Labute approximate surface area is 214 Å². The number of nitrogens with zero attached hydrogens (tertiary/aromatic N) is 1. The SMILES string of the molecule is CN(C)c1ccccc1-c1cccc(C(=O)Nc2ccc(Oc3ccc(CC(=O)O)cc3Cl)cc2)c1. The van der Waals surface area contributed by atoms with E-state index in [0.29, 0.717) is 33.3 Å². The molecule has 0 radical (unpaired) electrons. The zero-order valence-electron chi connectivity index (χ0n) is 19.9. The fraction of sp³-hybridized carbons (Fsp3) is 0.103. The van der Waals surface area contributed by atoms with Crippen LogP contribution >= 0.6 is 11.6 Å². The zero-order chi connectivity index (χ0) is 25.7. The van der Waals surface area contributed by atoms with E-state index in [-0.39, 0.29) is 12.3 Å². The molecule has 0 unspecified atom stereocenters. The number of anilines is 2. The summed E-state index contributed by atoms with van der Waals surface area (Å²) in [7, 11) is 3.98. The van der Waals surface area contributed by atoms with Crippen LogP contribution in [0.2, 0.25) is 5.02 Å². The van der Waals surface area contributed by atoms with Gasteiger partial charge in [-0.15, -0.1) is 0 Å². The summed E-state index contributed by atoms with van der Waals surface area (Å²) in [5.74, 6) is -0.201. The van der Waals surface area contributed by atoms with E-state index in [0.717, 1.165) is 16.8 Å². The third-order valence-corrected chi connectivity index (χ3v) is 5.81. The van der Waals surface area contributed by atoms with Gasteiger partial charge in [0.15, 0.2) is 0 Å². The van der Waals surface area contributed by atoms with Gasteiger partial charge in [-0.1, -0.05) is 48.0 Å². The number of aliphatic carboxylic acids is 1. The zero-order valence-corrected chi connectivity index (χ0v) is 20.6. The van der Waals surface area contributed by atoms with Crippen LogP contribution in [0.1, 0.15) is 15.9 Å². The van der Waals surface area contributed by atoms with Gasteiger partial charge in [-0.3, -0.25) is 9.59 Å². The number of hydrogen-bond acceptors (Lipinski definition) is 4. The Hall–Kier alpha value is -4.29. The number of benzene rings is 4. The Balaban J connectivity index is 1.45. The molecule has 182 valence electrons. The molecule has 36 heavy (non-hydrogen) atoms. The van der Waals surface area contributed by atoms with Crippen molar-refractivity contribution in [3.05, 3.63) is 107 Å². The summed E-state index contributed by atoms with van der Waals surface area (Å²) >= 11 is 6.24. The number of carbonyl (C=O) groups excluding carboxylic acids is 1. The van der Waals surface area contributed by atoms with Crippen molar-refractivity contribution in [3.63, 3.8) is 0 Å². The number of carbonyl (C=O) groups is 2. The van der Waals surface area contributed by atoms with Gasteiger partial charge in [0.1, 0.15) is 11.5 Å². The Morgan fingerprint density at radius 1 is 0.917 bits per heavy atom. The first-order chi connectivity index (χ1) is 17.3. The smallest absolute Gasteiger partial charge is 0.307 e. The van der Waals surface area contributed by atoms with E-state index in [4.69, 9.17) is 21.4 Å². The van der Waals surface area contributed by atoms with Gasteiger partial charge in [-0.25, -0.2) is 0 Å².